The minimum absolute atomic E-state index is 0.369. The van der Waals surface area contributed by atoms with Crippen molar-refractivity contribution in [3.63, 3.8) is 0 Å². The van der Waals surface area contributed by atoms with Crippen LogP contribution in [-0.2, 0) is 17.3 Å². The lowest BCUT2D eigenvalue weighted by Crippen LogP contribution is -2.26. The number of benzene rings is 1. The summed E-state index contributed by atoms with van der Waals surface area (Å²) in [6, 6.07) is 6.27. The fourth-order valence-corrected chi connectivity index (χ4v) is 2.62. The van der Waals surface area contributed by atoms with Gasteiger partial charge < -0.3 is 5.32 Å². The molecule has 1 aromatic carbocycles. The molecule has 1 N–H and O–H groups in total. The summed E-state index contributed by atoms with van der Waals surface area (Å²) in [4.78, 5) is 0. The Morgan fingerprint density at radius 3 is 2.82 bits per heavy atom. The van der Waals surface area contributed by atoms with Crippen LogP contribution in [-0.4, -0.2) is 22.3 Å². The summed E-state index contributed by atoms with van der Waals surface area (Å²) in [5.74, 6) is 0.748. The molecule has 5 heteroatoms. The second-order valence-electron chi connectivity index (χ2n) is 4.10. The number of nitrogens with one attached hydrogen (secondary N) is 1. The summed E-state index contributed by atoms with van der Waals surface area (Å²) < 4.78 is 11.9. The van der Waals surface area contributed by atoms with Crippen LogP contribution < -0.4 is 5.32 Å². The predicted octanol–water partition coefficient (Wildman–Crippen LogP) is 3.35. The summed E-state index contributed by atoms with van der Waals surface area (Å²) in [7, 11) is -0.706. The van der Waals surface area contributed by atoms with Crippen LogP contribution in [0.3, 0.4) is 0 Å². The van der Waals surface area contributed by atoms with E-state index in [4.69, 9.17) is 11.6 Å². The minimum Gasteiger partial charge on any atom is -0.310 e. The summed E-state index contributed by atoms with van der Waals surface area (Å²) in [5.41, 5.74) is 1.19. The van der Waals surface area contributed by atoms with E-state index in [0.29, 0.717) is 6.04 Å². The Morgan fingerprint density at radius 2 is 2.24 bits per heavy atom. The summed E-state index contributed by atoms with van der Waals surface area (Å²) in [6.07, 6.45) is 2.67. The van der Waals surface area contributed by atoms with Gasteiger partial charge in [0.05, 0.1) is 5.02 Å². The van der Waals surface area contributed by atoms with Crippen LogP contribution in [0.25, 0.3) is 0 Å². The van der Waals surface area contributed by atoms with E-state index in [2.05, 4.69) is 28.2 Å². The highest BCUT2D eigenvalue weighted by Gasteiger charge is 2.04. The van der Waals surface area contributed by atoms with E-state index >= 15 is 0 Å². The Bertz CT molecular complexity index is 400. The van der Waals surface area contributed by atoms with E-state index in [1.165, 1.54) is 5.56 Å². The average molecular weight is 339 g/mol. The van der Waals surface area contributed by atoms with Gasteiger partial charge in [-0.1, -0.05) is 17.7 Å². The van der Waals surface area contributed by atoms with Crippen molar-refractivity contribution in [2.24, 2.45) is 0 Å². The fourth-order valence-electron chi connectivity index (χ4n) is 1.39. The third-order valence-corrected chi connectivity index (χ3v) is 4.50. The fraction of sp³-hybridized carbons (Fsp3) is 0.500. The number of halogens is 2. The molecule has 0 spiro atoms. The lowest BCUT2D eigenvalue weighted by Gasteiger charge is -2.13. The van der Waals surface area contributed by atoms with Crippen molar-refractivity contribution in [1.29, 1.82) is 0 Å². The Kier molecular flexibility index (Phi) is 6.70. The Labute approximate surface area is 119 Å². The molecular formula is C12H17BrClNOS. The first-order valence-electron chi connectivity index (χ1n) is 5.46. The molecule has 0 amide bonds. The molecule has 2 atom stereocenters. The molecule has 2 nitrogen and oxygen atoms in total. The average Bonchev–Trinajstić information content (AvgIpc) is 2.28. The van der Waals surface area contributed by atoms with Crippen molar-refractivity contribution in [1.82, 2.24) is 5.32 Å². The lowest BCUT2D eigenvalue weighted by molar-refractivity contribution is 0.535. The van der Waals surface area contributed by atoms with Gasteiger partial charge in [0.2, 0.25) is 0 Å². The molecule has 1 aromatic rings. The van der Waals surface area contributed by atoms with Crippen molar-refractivity contribution < 1.29 is 4.21 Å². The molecule has 0 saturated heterocycles. The molecular weight excluding hydrogens is 322 g/mol. The second kappa shape index (κ2) is 7.52. The van der Waals surface area contributed by atoms with E-state index in [1.807, 2.05) is 18.2 Å². The van der Waals surface area contributed by atoms with Gasteiger partial charge in [-0.25, -0.2) is 0 Å². The van der Waals surface area contributed by atoms with E-state index in [9.17, 15) is 4.21 Å². The third-order valence-electron chi connectivity index (χ3n) is 2.48. The van der Waals surface area contributed by atoms with Crippen LogP contribution in [0.4, 0.5) is 0 Å². The van der Waals surface area contributed by atoms with Gasteiger partial charge in [0.15, 0.2) is 0 Å². The second-order valence-corrected chi connectivity index (χ2v) is 6.91. The summed E-state index contributed by atoms with van der Waals surface area (Å²) >= 11 is 9.33. The standard InChI is InChI=1S/C12H17BrClNOS/c1-9(5-6-17(2)16)15-8-10-3-4-12(14)11(13)7-10/h3-4,7,9,15H,5-6,8H2,1-2H3. The van der Waals surface area contributed by atoms with Gasteiger partial charge >= 0.3 is 0 Å². The zero-order valence-electron chi connectivity index (χ0n) is 10.0. The summed E-state index contributed by atoms with van der Waals surface area (Å²) in [6.45, 7) is 2.91. The van der Waals surface area contributed by atoms with Crippen LogP contribution in [0.2, 0.25) is 5.02 Å². The normalized spacial score (nSPS) is 14.6. The van der Waals surface area contributed by atoms with E-state index in [1.54, 1.807) is 6.26 Å². The highest BCUT2D eigenvalue weighted by Crippen LogP contribution is 2.23. The molecule has 0 bridgehead atoms. The van der Waals surface area contributed by atoms with Crippen molar-refractivity contribution >= 4 is 38.3 Å². The van der Waals surface area contributed by atoms with E-state index in [-0.39, 0.29) is 0 Å². The molecule has 0 aromatic heterocycles. The molecule has 17 heavy (non-hydrogen) atoms. The Balaban J connectivity index is 2.39. The maximum absolute atomic E-state index is 11.0. The predicted molar refractivity (Wildman–Crippen MR) is 79.0 cm³/mol. The van der Waals surface area contributed by atoms with Crippen molar-refractivity contribution in [2.75, 3.05) is 12.0 Å². The van der Waals surface area contributed by atoms with Gasteiger partial charge in [0.25, 0.3) is 0 Å². The van der Waals surface area contributed by atoms with Crippen LogP contribution >= 0.6 is 27.5 Å². The number of rotatable bonds is 6. The van der Waals surface area contributed by atoms with E-state index in [0.717, 1.165) is 28.2 Å². The van der Waals surface area contributed by atoms with Crippen LogP contribution in [0.5, 0.6) is 0 Å². The third kappa shape index (κ3) is 6.00. The molecule has 0 fully saturated rings. The maximum atomic E-state index is 11.0. The SMILES string of the molecule is CC(CCS(C)=O)NCc1ccc(Cl)c(Br)c1. The molecule has 2 unspecified atom stereocenters. The van der Waals surface area contributed by atoms with Gasteiger partial charge in [-0.05, 0) is 47.0 Å². The van der Waals surface area contributed by atoms with Crippen LogP contribution in [0.15, 0.2) is 22.7 Å². The van der Waals surface area contributed by atoms with Gasteiger partial charge in [-0.15, -0.1) is 0 Å². The van der Waals surface area contributed by atoms with Crippen molar-refractivity contribution in [3.05, 3.63) is 33.3 Å². The lowest BCUT2D eigenvalue weighted by atomic mass is 10.2. The van der Waals surface area contributed by atoms with Gasteiger partial charge in [0.1, 0.15) is 0 Å². The zero-order chi connectivity index (χ0) is 12.8. The monoisotopic (exact) mass is 337 g/mol. The zero-order valence-corrected chi connectivity index (χ0v) is 13.2. The van der Waals surface area contributed by atoms with Gasteiger partial charge in [-0.2, -0.15) is 0 Å². The first-order chi connectivity index (χ1) is 7.99. The first-order valence-corrected chi connectivity index (χ1v) is 8.36. The minimum atomic E-state index is -0.706. The van der Waals surface area contributed by atoms with Crippen molar-refractivity contribution in [3.8, 4) is 0 Å². The van der Waals surface area contributed by atoms with E-state index < -0.39 is 10.8 Å². The molecule has 0 heterocycles. The van der Waals surface area contributed by atoms with Crippen LogP contribution in [0.1, 0.15) is 18.9 Å². The quantitative estimate of drug-likeness (QED) is 0.862. The molecule has 0 aliphatic heterocycles. The van der Waals surface area contributed by atoms with Crippen molar-refractivity contribution in [2.45, 2.75) is 25.9 Å². The smallest absolute Gasteiger partial charge is 0.0548 e. The Morgan fingerprint density at radius 1 is 1.53 bits per heavy atom. The van der Waals surface area contributed by atoms with Gasteiger partial charge in [0, 0.05) is 39.9 Å². The first kappa shape index (κ1) is 15.2. The number of hydrogen-bond donors (Lipinski definition) is 1. The topological polar surface area (TPSA) is 29.1 Å². The Hall–Kier alpha value is 0.1000. The molecule has 96 valence electrons. The molecule has 0 aliphatic carbocycles. The molecule has 0 saturated carbocycles. The number of hydrogen-bond acceptors (Lipinski definition) is 2. The molecule has 1 rings (SSSR count). The highest BCUT2D eigenvalue weighted by molar-refractivity contribution is 9.10. The molecule has 0 radical (unpaired) electrons. The highest BCUT2D eigenvalue weighted by atomic mass is 79.9. The van der Waals surface area contributed by atoms with Gasteiger partial charge in [-0.3, -0.25) is 4.21 Å². The molecule has 0 aliphatic rings. The maximum Gasteiger partial charge on any atom is 0.0548 e. The summed E-state index contributed by atoms with van der Waals surface area (Å²) in [5, 5.41) is 4.13. The largest absolute Gasteiger partial charge is 0.310 e. The van der Waals surface area contributed by atoms with Crippen LogP contribution in [0, 0.1) is 0 Å².